The van der Waals surface area contributed by atoms with Crippen LogP contribution in [-0.4, -0.2) is 10.9 Å². The first kappa shape index (κ1) is 12.7. The number of phenolic OH excluding ortho intramolecular Hbond substituents is 1. The largest absolute Gasteiger partial charge is 0.506 e. The lowest BCUT2D eigenvalue weighted by Gasteiger charge is -2.19. The Balaban J connectivity index is 2.12. The van der Waals surface area contributed by atoms with Crippen molar-refractivity contribution in [1.82, 2.24) is 0 Å². The van der Waals surface area contributed by atoms with E-state index in [2.05, 4.69) is 5.32 Å². The average molecular weight is 245 g/mol. The van der Waals surface area contributed by atoms with Gasteiger partial charge < -0.3 is 10.4 Å². The van der Waals surface area contributed by atoms with E-state index in [9.17, 15) is 9.90 Å². The number of hydrogen-bond acceptors (Lipinski definition) is 3. The van der Waals surface area contributed by atoms with Crippen molar-refractivity contribution < 1.29 is 9.90 Å². The van der Waals surface area contributed by atoms with E-state index in [1.165, 1.54) is 0 Å². The maximum absolute atomic E-state index is 11.9. The molecule has 1 aromatic rings. The number of carbonyl (C=O) groups is 1. The summed E-state index contributed by atoms with van der Waals surface area (Å²) < 4.78 is 0. The van der Waals surface area contributed by atoms with Crippen molar-refractivity contribution >= 4 is 11.5 Å². The minimum absolute atomic E-state index is 0.124. The molecule has 1 aliphatic carbocycles. The maximum atomic E-state index is 11.9. The fourth-order valence-corrected chi connectivity index (χ4v) is 2.24. The Morgan fingerprint density at radius 3 is 2.94 bits per heavy atom. The Morgan fingerprint density at radius 1 is 1.44 bits per heavy atom. The molecular formula is C15H19NO2. The van der Waals surface area contributed by atoms with Gasteiger partial charge in [0.1, 0.15) is 5.75 Å². The van der Waals surface area contributed by atoms with Gasteiger partial charge in [0.2, 0.25) is 0 Å². The molecule has 18 heavy (non-hydrogen) atoms. The van der Waals surface area contributed by atoms with Gasteiger partial charge in [0.15, 0.2) is 5.78 Å². The first-order chi connectivity index (χ1) is 8.58. The molecule has 1 saturated carbocycles. The fraction of sp³-hybridized carbons (Fsp3) is 0.400. The number of carbonyl (C=O) groups excluding carboxylic acids is 1. The quantitative estimate of drug-likeness (QED) is 0.620. The van der Waals surface area contributed by atoms with Gasteiger partial charge >= 0.3 is 0 Å². The third kappa shape index (κ3) is 2.73. The first-order valence-corrected chi connectivity index (χ1v) is 6.37. The number of allylic oxidation sites excluding steroid dienone is 1. The van der Waals surface area contributed by atoms with Gasteiger partial charge in [-0.25, -0.2) is 0 Å². The molecule has 3 heteroatoms. The topological polar surface area (TPSA) is 49.3 Å². The summed E-state index contributed by atoms with van der Waals surface area (Å²) >= 11 is 0. The zero-order chi connectivity index (χ0) is 13.1. The number of phenols is 1. The molecule has 1 aliphatic rings. The van der Waals surface area contributed by atoms with E-state index in [-0.39, 0.29) is 17.5 Å². The van der Waals surface area contributed by atoms with Gasteiger partial charge in [-0.05, 0) is 43.9 Å². The lowest BCUT2D eigenvalue weighted by Crippen LogP contribution is -2.19. The van der Waals surface area contributed by atoms with E-state index >= 15 is 0 Å². The van der Waals surface area contributed by atoms with E-state index in [0.717, 1.165) is 30.4 Å². The predicted molar refractivity (Wildman–Crippen MR) is 72.6 cm³/mol. The standard InChI is InChI=1S/C15H19NO2/c1-10-6-7-13(14(17)8-10)16-9-12-5-3-4-11(2)15(12)18/h6-9,11,16-17H,3-5H2,1-2H3/b12-9+/t11-/m1/s1. The van der Waals surface area contributed by atoms with Crippen molar-refractivity contribution in [2.24, 2.45) is 5.92 Å². The lowest BCUT2D eigenvalue weighted by molar-refractivity contribution is -0.119. The molecule has 1 aromatic carbocycles. The minimum Gasteiger partial charge on any atom is -0.506 e. The maximum Gasteiger partial charge on any atom is 0.163 e. The van der Waals surface area contributed by atoms with E-state index in [0.29, 0.717) is 5.69 Å². The number of hydrogen-bond donors (Lipinski definition) is 2. The summed E-state index contributed by atoms with van der Waals surface area (Å²) in [7, 11) is 0. The van der Waals surface area contributed by atoms with Crippen LogP contribution in [-0.2, 0) is 4.79 Å². The van der Waals surface area contributed by atoms with Crippen LogP contribution in [0.1, 0.15) is 31.7 Å². The number of anilines is 1. The predicted octanol–water partition coefficient (Wildman–Crippen LogP) is 3.39. The molecule has 0 heterocycles. The molecule has 0 unspecified atom stereocenters. The number of Topliss-reactive ketones (excluding diaryl/α,β-unsaturated/α-hetero) is 1. The fourth-order valence-electron chi connectivity index (χ4n) is 2.24. The smallest absolute Gasteiger partial charge is 0.163 e. The first-order valence-electron chi connectivity index (χ1n) is 6.37. The monoisotopic (exact) mass is 245 g/mol. The molecule has 0 spiro atoms. The third-order valence-electron chi connectivity index (χ3n) is 3.40. The Morgan fingerprint density at radius 2 is 2.22 bits per heavy atom. The highest BCUT2D eigenvalue weighted by atomic mass is 16.3. The molecule has 96 valence electrons. The zero-order valence-corrected chi connectivity index (χ0v) is 10.9. The molecule has 0 aliphatic heterocycles. The number of rotatable bonds is 2. The molecule has 0 saturated heterocycles. The SMILES string of the molecule is Cc1ccc(N/C=C2\CCC[C@@H](C)C2=O)c(O)c1. The van der Waals surface area contributed by atoms with Gasteiger partial charge in [-0.15, -0.1) is 0 Å². The van der Waals surface area contributed by atoms with E-state index < -0.39 is 0 Å². The second-order valence-corrected chi connectivity index (χ2v) is 4.99. The molecule has 1 atom stereocenters. The second-order valence-electron chi connectivity index (χ2n) is 4.99. The van der Waals surface area contributed by atoms with Gasteiger partial charge in [0.05, 0.1) is 5.69 Å². The molecule has 1 fully saturated rings. The molecule has 2 rings (SSSR count). The Labute approximate surface area is 108 Å². The van der Waals surface area contributed by atoms with Crippen LogP contribution in [0.4, 0.5) is 5.69 Å². The summed E-state index contributed by atoms with van der Waals surface area (Å²) in [5.74, 6) is 0.557. The highest BCUT2D eigenvalue weighted by Gasteiger charge is 2.22. The highest BCUT2D eigenvalue weighted by Crippen LogP contribution is 2.27. The Bertz CT molecular complexity index is 491. The Kier molecular flexibility index (Phi) is 3.70. The normalized spacial score (nSPS) is 22.2. The molecule has 0 radical (unpaired) electrons. The van der Waals surface area contributed by atoms with Crippen LogP contribution < -0.4 is 5.32 Å². The van der Waals surface area contributed by atoms with Crippen molar-refractivity contribution in [3.8, 4) is 5.75 Å². The van der Waals surface area contributed by atoms with Crippen LogP contribution in [0.5, 0.6) is 5.75 Å². The van der Waals surface area contributed by atoms with Crippen LogP contribution in [0.15, 0.2) is 30.0 Å². The highest BCUT2D eigenvalue weighted by molar-refractivity contribution is 5.97. The zero-order valence-electron chi connectivity index (χ0n) is 10.9. The van der Waals surface area contributed by atoms with Crippen LogP contribution in [0.3, 0.4) is 0 Å². The second kappa shape index (κ2) is 5.25. The van der Waals surface area contributed by atoms with Crippen molar-refractivity contribution in [2.75, 3.05) is 5.32 Å². The summed E-state index contributed by atoms with van der Waals surface area (Å²) in [5, 5.41) is 12.8. The number of nitrogens with one attached hydrogen (secondary N) is 1. The van der Waals surface area contributed by atoms with Crippen LogP contribution in [0.2, 0.25) is 0 Å². The average Bonchev–Trinajstić information content (AvgIpc) is 2.33. The molecule has 0 bridgehead atoms. The van der Waals surface area contributed by atoms with Gasteiger partial charge in [-0.1, -0.05) is 13.0 Å². The van der Waals surface area contributed by atoms with Crippen LogP contribution in [0.25, 0.3) is 0 Å². The number of aromatic hydroxyl groups is 1. The van der Waals surface area contributed by atoms with E-state index in [1.807, 2.05) is 26.0 Å². The van der Waals surface area contributed by atoms with Gasteiger partial charge in [-0.3, -0.25) is 4.79 Å². The number of benzene rings is 1. The summed E-state index contributed by atoms with van der Waals surface area (Å²) in [5.41, 5.74) is 2.47. The Hall–Kier alpha value is -1.77. The van der Waals surface area contributed by atoms with Crippen LogP contribution >= 0.6 is 0 Å². The third-order valence-corrected chi connectivity index (χ3v) is 3.40. The minimum atomic E-state index is 0.124. The van der Waals surface area contributed by atoms with Crippen molar-refractivity contribution in [3.63, 3.8) is 0 Å². The molecule has 0 aromatic heterocycles. The van der Waals surface area contributed by atoms with Crippen molar-refractivity contribution in [1.29, 1.82) is 0 Å². The van der Waals surface area contributed by atoms with Gasteiger partial charge in [0.25, 0.3) is 0 Å². The van der Waals surface area contributed by atoms with Gasteiger partial charge in [-0.2, -0.15) is 0 Å². The van der Waals surface area contributed by atoms with Crippen molar-refractivity contribution in [2.45, 2.75) is 33.1 Å². The van der Waals surface area contributed by atoms with Gasteiger partial charge in [0, 0.05) is 17.7 Å². The van der Waals surface area contributed by atoms with E-state index in [4.69, 9.17) is 0 Å². The summed E-state index contributed by atoms with van der Waals surface area (Å²) in [6, 6.07) is 5.44. The van der Waals surface area contributed by atoms with Crippen molar-refractivity contribution in [3.05, 3.63) is 35.5 Å². The number of aryl methyl sites for hydroxylation is 1. The number of ketones is 1. The summed E-state index contributed by atoms with van der Waals surface area (Å²) in [4.78, 5) is 11.9. The van der Waals surface area contributed by atoms with Crippen LogP contribution in [0, 0.1) is 12.8 Å². The lowest BCUT2D eigenvalue weighted by atomic mass is 9.86. The molecule has 0 amide bonds. The molecule has 2 N–H and O–H groups in total. The molecule has 3 nitrogen and oxygen atoms in total. The molecular weight excluding hydrogens is 226 g/mol. The summed E-state index contributed by atoms with van der Waals surface area (Å²) in [6.07, 6.45) is 4.59. The summed E-state index contributed by atoms with van der Waals surface area (Å²) in [6.45, 7) is 3.90. The van der Waals surface area contributed by atoms with E-state index in [1.54, 1.807) is 12.3 Å².